The second-order valence-electron chi connectivity index (χ2n) is 8.73. The van der Waals surface area contributed by atoms with Gasteiger partial charge in [-0.15, -0.1) is 0 Å². The van der Waals surface area contributed by atoms with Crippen LogP contribution in [0.25, 0.3) is 0 Å². The third-order valence-corrected chi connectivity index (χ3v) is 5.98. The molecule has 0 saturated carbocycles. The van der Waals surface area contributed by atoms with Crippen LogP contribution in [0.5, 0.6) is 0 Å². The Kier molecular flexibility index (Phi) is 6.14. The first-order chi connectivity index (χ1) is 12.8. The Hall–Kier alpha value is -1.56. The zero-order chi connectivity index (χ0) is 19.6. The van der Waals surface area contributed by atoms with Gasteiger partial charge in [0.25, 0.3) is 0 Å². The number of halogens is 1. The Morgan fingerprint density at radius 1 is 1.22 bits per heavy atom. The van der Waals surface area contributed by atoms with E-state index in [1.165, 1.54) is 5.69 Å². The lowest BCUT2D eigenvalue weighted by atomic mass is 9.94. The molecule has 27 heavy (non-hydrogen) atoms. The lowest BCUT2D eigenvalue weighted by Crippen LogP contribution is -2.50. The van der Waals surface area contributed by atoms with E-state index >= 15 is 0 Å². The summed E-state index contributed by atoms with van der Waals surface area (Å²) in [5.74, 6) is 0.522. The Labute approximate surface area is 170 Å². The van der Waals surface area contributed by atoms with Crippen LogP contribution in [0.3, 0.4) is 0 Å². The van der Waals surface area contributed by atoms with E-state index < -0.39 is 5.41 Å². The van der Waals surface area contributed by atoms with E-state index in [0.717, 1.165) is 36.8 Å². The van der Waals surface area contributed by atoms with Gasteiger partial charge in [-0.25, -0.2) is 0 Å². The molecule has 2 atom stereocenters. The summed E-state index contributed by atoms with van der Waals surface area (Å²) in [5.41, 5.74) is 0.773. The number of carbonyl (C=O) groups is 2. The number of nitrogens with one attached hydrogen (secondary N) is 1. The second kappa shape index (κ2) is 8.21. The minimum atomic E-state index is -0.446. The van der Waals surface area contributed by atoms with Crippen LogP contribution in [-0.4, -0.2) is 48.9 Å². The van der Waals surface area contributed by atoms with Gasteiger partial charge in [-0.05, 0) is 43.4 Å². The molecule has 2 heterocycles. The van der Waals surface area contributed by atoms with Crippen LogP contribution in [0.4, 0.5) is 5.69 Å². The van der Waals surface area contributed by atoms with Crippen LogP contribution >= 0.6 is 15.9 Å². The SMILES string of the molecule is CC(C)(C)C(=O)N1CCCC1C(=O)NCC1CCN(c2cccc(Br)c2)C1. The van der Waals surface area contributed by atoms with Gasteiger partial charge in [0, 0.05) is 41.8 Å². The Bertz CT molecular complexity index is 701. The summed E-state index contributed by atoms with van der Waals surface area (Å²) in [6.45, 7) is 9.07. The van der Waals surface area contributed by atoms with E-state index in [2.05, 4.69) is 44.3 Å². The molecule has 2 amide bonds. The average Bonchev–Trinajstić information content (AvgIpc) is 3.27. The number of carbonyl (C=O) groups excluding carboxylic acids is 2. The zero-order valence-electron chi connectivity index (χ0n) is 16.5. The molecule has 2 aliphatic rings. The van der Waals surface area contributed by atoms with Crippen molar-refractivity contribution < 1.29 is 9.59 Å². The summed E-state index contributed by atoms with van der Waals surface area (Å²) < 4.78 is 1.08. The van der Waals surface area contributed by atoms with Gasteiger partial charge in [0.15, 0.2) is 0 Å². The second-order valence-corrected chi connectivity index (χ2v) is 9.65. The van der Waals surface area contributed by atoms with Gasteiger partial charge in [-0.1, -0.05) is 42.8 Å². The van der Waals surface area contributed by atoms with E-state index in [1.54, 1.807) is 4.90 Å². The normalized spacial score (nSPS) is 23.0. The molecule has 2 fully saturated rings. The van der Waals surface area contributed by atoms with E-state index in [9.17, 15) is 9.59 Å². The van der Waals surface area contributed by atoms with Crippen molar-refractivity contribution in [3.8, 4) is 0 Å². The molecule has 5 nitrogen and oxygen atoms in total. The predicted molar refractivity (Wildman–Crippen MR) is 112 cm³/mol. The molecule has 1 aromatic rings. The highest BCUT2D eigenvalue weighted by Crippen LogP contribution is 2.27. The Morgan fingerprint density at radius 3 is 2.70 bits per heavy atom. The van der Waals surface area contributed by atoms with Crippen LogP contribution in [0.2, 0.25) is 0 Å². The predicted octanol–water partition coefficient (Wildman–Crippen LogP) is 3.43. The first-order valence-corrected chi connectivity index (χ1v) is 10.6. The van der Waals surface area contributed by atoms with E-state index in [0.29, 0.717) is 19.0 Å². The minimum Gasteiger partial charge on any atom is -0.371 e. The third kappa shape index (κ3) is 4.84. The van der Waals surface area contributed by atoms with E-state index in [-0.39, 0.29) is 17.9 Å². The van der Waals surface area contributed by atoms with E-state index in [4.69, 9.17) is 0 Å². The molecular weight excluding hydrogens is 406 g/mol. The van der Waals surface area contributed by atoms with Crippen molar-refractivity contribution in [2.24, 2.45) is 11.3 Å². The monoisotopic (exact) mass is 435 g/mol. The lowest BCUT2D eigenvalue weighted by Gasteiger charge is -2.30. The molecule has 148 valence electrons. The number of hydrogen-bond acceptors (Lipinski definition) is 3. The molecular formula is C21H30BrN3O2. The summed E-state index contributed by atoms with van der Waals surface area (Å²) in [6.07, 6.45) is 2.74. The van der Waals surface area contributed by atoms with Gasteiger partial charge in [-0.2, -0.15) is 0 Å². The third-order valence-electron chi connectivity index (χ3n) is 5.48. The molecule has 3 rings (SSSR count). The van der Waals surface area contributed by atoms with Crippen LogP contribution in [-0.2, 0) is 9.59 Å². The molecule has 6 heteroatoms. The zero-order valence-corrected chi connectivity index (χ0v) is 18.1. The highest BCUT2D eigenvalue weighted by atomic mass is 79.9. The van der Waals surface area contributed by atoms with E-state index in [1.807, 2.05) is 26.8 Å². The van der Waals surface area contributed by atoms with Crippen LogP contribution in [0.1, 0.15) is 40.0 Å². The number of hydrogen-bond donors (Lipinski definition) is 1. The molecule has 2 saturated heterocycles. The smallest absolute Gasteiger partial charge is 0.242 e. The van der Waals surface area contributed by atoms with Crippen LogP contribution in [0.15, 0.2) is 28.7 Å². The van der Waals surface area contributed by atoms with Crippen LogP contribution in [0, 0.1) is 11.3 Å². The fourth-order valence-electron chi connectivity index (χ4n) is 3.98. The van der Waals surface area contributed by atoms with Gasteiger partial charge in [0.1, 0.15) is 6.04 Å². The standard InChI is InChI=1S/C21H30BrN3O2/c1-21(2,3)20(27)25-10-5-8-18(25)19(26)23-13-15-9-11-24(14-15)17-7-4-6-16(22)12-17/h4,6-7,12,15,18H,5,8-11,13-14H2,1-3H3,(H,23,26). The van der Waals surface area contributed by atoms with Gasteiger partial charge >= 0.3 is 0 Å². The van der Waals surface area contributed by atoms with Gasteiger partial charge in [0.2, 0.25) is 11.8 Å². The number of amides is 2. The number of rotatable bonds is 4. The number of nitrogens with zero attached hydrogens (tertiary/aromatic N) is 2. The van der Waals surface area contributed by atoms with Crippen molar-refractivity contribution in [3.05, 3.63) is 28.7 Å². The molecule has 1 aromatic carbocycles. The van der Waals surface area contributed by atoms with Crippen molar-refractivity contribution in [3.63, 3.8) is 0 Å². The lowest BCUT2D eigenvalue weighted by molar-refractivity contribution is -0.144. The molecule has 2 unspecified atom stereocenters. The van der Waals surface area contributed by atoms with Crippen molar-refractivity contribution in [2.45, 2.75) is 46.1 Å². The summed E-state index contributed by atoms with van der Waals surface area (Å²) in [4.78, 5) is 29.5. The highest BCUT2D eigenvalue weighted by Gasteiger charge is 2.38. The molecule has 0 aromatic heterocycles. The van der Waals surface area contributed by atoms with Crippen LogP contribution < -0.4 is 10.2 Å². The first-order valence-electron chi connectivity index (χ1n) is 9.85. The van der Waals surface area contributed by atoms with Gasteiger partial charge in [0.05, 0.1) is 0 Å². The molecule has 0 spiro atoms. The van der Waals surface area contributed by atoms with Crippen molar-refractivity contribution in [2.75, 3.05) is 31.1 Å². The number of anilines is 1. The topological polar surface area (TPSA) is 52.7 Å². The fraction of sp³-hybridized carbons (Fsp3) is 0.619. The summed E-state index contributed by atoms with van der Waals surface area (Å²) >= 11 is 3.53. The van der Waals surface area contributed by atoms with Crippen molar-refractivity contribution >= 4 is 33.4 Å². The molecule has 0 radical (unpaired) electrons. The summed E-state index contributed by atoms with van der Waals surface area (Å²) in [7, 11) is 0. The first kappa shape index (κ1) is 20.2. The molecule has 2 aliphatic heterocycles. The average molecular weight is 436 g/mol. The maximum atomic E-state index is 12.7. The number of likely N-dealkylation sites (tertiary alicyclic amines) is 1. The maximum Gasteiger partial charge on any atom is 0.242 e. The molecule has 1 N–H and O–H groups in total. The highest BCUT2D eigenvalue weighted by molar-refractivity contribution is 9.10. The fourth-order valence-corrected chi connectivity index (χ4v) is 4.37. The summed E-state index contributed by atoms with van der Waals surface area (Å²) in [6, 6.07) is 8.04. The maximum absolute atomic E-state index is 12.7. The quantitative estimate of drug-likeness (QED) is 0.787. The van der Waals surface area contributed by atoms with Crippen molar-refractivity contribution in [1.29, 1.82) is 0 Å². The minimum absolute atomic E-state index is 0.00556. The number of benzene rings is 1. The van der Waals surface area contributed by atoms with Gasteiger partial charge < -0.3 is 15.1 Å². The largest absolute Gasteiger partial charge is 0.371 e. The van der Waals surface area contributed by atoms with Crippen molar-refractivity contribution in [1.82, 2.24) is 10.2 Å². The Balaban J connectivity index is 1.51. The molecule has 0 aliphatic carbocycles. The Morgan fingerprint density at radius 2 is 2.00 bits per heavy atom. The summed E-state index contributed by atoms with van der Waals surface area (Å²) in [5, 5.41) is 3.12. The van der Waals surface area contributed by atoms with Gasteiger partial charge in [-0.3, -0.25) is 9.59 Å². The molecule has 0 bridgehead atoms.